The van der Waals surface area contributed by atoms with E-state index in [1.807, 2.05) is 67.7 Å². The molecule has 0 bridgehead atoms. The van der Waals surface area contributed by atoms with Crippen LogP contribution in [-0.2, 0) is 17.6 Å². The molecule has 10 heteroatoms. The van der Waals surface area contributed by atoms with E-state index >= 15 is 0 Å². The number of aryl methyl sites for hydroxylation is 1. The zero-order chi connectivity index (χ0) is 31.7. The van der Waals surface area contributed by atoms with Crippen molar-refractivity contribution >= 4 is 22.6 Å². The zero-order valence-corrected chi connectivity index (χ0v) is 26.1. The van der Waals surface area contributed by atoms with Gasteiger partial charge in [-0.1, -0.05) is 48.5 Å². The van der Waals surface area contributed by atoms with E-state index < -0.39 is 11.8 Å². The second-order valence-electron chi connectivity index (χ2n) is 12.8. The maximum atomic E-state index is 13.7. The molecule has 2 aliphatic rings. The first-order valence-corrected chi connectivity index (χ1v) is 16.2. The molecule has 1 amide bonds. The lowest BCUT2D eigenvalue weighted by Gasteiger charge is -2.28. The Balaban J connectivity index is 1.14. The second kappa shape index (κ2) is 12.5. The number of ether oxygens (including phenoxy) is 2. The van der Waals surface area contributed by atoms with Crippen molar-refractivity contribution in [2.24, 2.45) is 17.6 Å². The standard InChI is InChI=1S/C36H41N7O3/c1-36(17-16-22-6-3-2-4-7-22)45-31-9-5-8-26(32(31)46-36)19-29(41-35(44)24-12-10-23(20-37)11-13-24)34-39-21-30(40-34)25-14-15-27-28(18-25)42-43-33(27)38/h2-9,14-15,18,21,23-24,29H,10-13,16-17,19-20,37H2,1H3,(H,39,40)(H,41,44)(H3,38,42,43)/t23-,24-,29?,36-/m1/s1. The van der Waals surface area contributed by atoms with Gasteiger partial charge in [0.2, 0.25) is 11.7 Å². The van der Waals surface area contributed by atoms with Crippen LogP contribution in [0.25, 0.3) is 22.2 Å². The van der Waals surface area contributed by atoms with Gasteiger partial charge in [0.05, 0.1) is 17.3 Å². The van der Waals surface area contributed by atoms with Crippen LogP contribution in [0.4, 0.5) is 5.82 Å². The number of amides is 1. The average Bonchev–Trinajstić information content (AvgIpc) is 3.81. The van der Waals surface area contributed by atoms with E-state index in [-0.39, 0.29) is 11.8 Å². The van der Waals surface area contributed by atoms with Gasteiger partial charge in [0.1, 0.15) is 5.82 Å². The number of benzene rings is 3. The van der Waals surface area contributed by atoms with E-state index in [1.54, 1.807) is 0 Å². The summed E-state index contributed by atoms with van der Waals surface area (Å²) in [4.78, 5) is 22.0. The van der Waals surface area contributed by atoms with Crippen LogP contribution in [-0.4, -0.2) is 38.4 Å². The third-order valence-corrected chi connectivity index (χ3v) is 9.52. The molecule has 3 aromatic carbocycles. The van der Waals surface area contributed by atoms with Crippen LogP contribution in [0.3, 0.4) is 0 Å². The highest BCUT2D eigenvalue weighted by atomic mass is 16.7. The molecule has 7 N–H and O–H groups in total. The number of fused-ring (bicyclic) bond motifs is 2. The lowest BCUT2D eigenvalue weighted by molar-refractivity contribution is -0.127. The summed E-state index contributed by atoms with van der Waals surface area (Å²) in [5.41, 5.74) is 16.6. The molecule has 0 saturated heterocycles. The van der Waals surface area contributed by atoms with Crippen molar-refractivity contribution in [2.75, 3.05) is 12.3 Å². The van der Waals surface area contributed by atoms with Crippen LogP contribution in [0, 0.1) is 11.8 Å². The largest absolute Gasteiger partial charge is 0.449 e. The molecule has 1 aliphatic heterocycles. The highest BCUT2D eigenvalue weighted by Crippen LogP contribution is 2.44. The fourth-order valence-corrected chi connectivity index (χ4v) is 6.75. The number of rotatable bonds is 10. The SMILES string of the molecule is C[C@@]1(CCc2ccccc2)Oc2cccc(CC(NC(=O)[C@H]3CC[C@H](CN)CC3)c3nc(-c4ccc5c(N)n[nH]c5c4)c[nH]3)c2O1. The van der Waals surface area contributed by atoms with Crippen molar-refractivity contribution in [1.29, 1.82) is 0 Å². The Morgan fingerprint density at radius 2 is 1.89 bits per heavy atom. The van der Waals surface area contributed by atoms with Gasteiger partial charge >= 0.3 is 0 Å². The second-order valence-corrected chi connectivity index (χ2v) is 12.8. The van der Waals surface area contributed by atoms with Gasteiger partial charge in [-0.25, -0.2) is 4.98 Å². The van der Waals surface area contributed by atoms with Gasteiger partial charge in [0.25, 0.3) is 0 Å². The van der Waals surface area contributed by atoms with Gasteiger partial charge in [0.15, 0.2) is 17.3 Å². The topological polar surface area (TPSA) is 157 Å². The summed E-state index contributed by atoms with van der Waals surface area (Å²) in [6, 6.07) is 21.8. The monoisotopic (exact) mass is 619 g/mol. The van der Waals surface area contributed by atoms with Gasteiger partial charge in [-0.05, 0) is 68.3 Å². The summed E-state index contributed by atoms with van der Waals surface area (Å²) < 4.78 is 12.9. The van der Waals surface area contributed by atoms with Crippen molar-refractivity contribution in [1.82, 2.24) is 25.5 Å². The normalized spacial score (nSPS) is 21.3. The number of aromatic amines is 2. The number of H-pyrrole nitrogens is 2. The number of carbonyl (C=O) groups excluding carboxylic acids is 1. The Bertz CT molecular complexity index is 1830. The Morgan fingerprint density at radius 1 is 1.07 bits per heavy atom. The number of hydrogen-bond donors (Lipinski definition) is 5. The molecular weight excluding hydrogens is 578 g/mol. The predicted molar refractivity (Wildman–Crippen MR) is 178 cm³/mol. The molecule has 1 aliphatic carbocycles. The number of anilines is 1. The Labute approximate surface area is 268 Å². The van der Waals surface area contributed by atoms with Gasteiger partial charge in [-0.15, -0.1) is 0 Å². The number of aromatic nitrogens is 4. The zero-order valence-electron chi connectivity index (χ0n) is 26.1. The Morgan fingerprint density at radius 3 is 2.70 bits per heavy atom. The van der Waals surface area contributed by atoms with Crippen molar-refractivity contribution in [3.63, 3.8) is 0 Å². The van der Waals surface area contributed by atoms with Gasteiger partial charge in [-0.2, -0.15) is 5.10 Å². The number of nitrogens with two attached hydrogens (primary N) is 2. The van der Waals surface area contributed by atoms with Crippen LogP contribution in [0.1, 0.15) is 62.0 Å². The predicted octanol–water partition coefficient (Wildman–Crippen LogP) is 5.82. The molecule has 238 valence electrons. The number of nitrogens with zero attached hydrogens (tertiary/aromatic N) is 2. The third-order valence-electron chi connectivity index (χ3n) is 9.52. The molecule has 1 fully saturated rings. The lowest BCUT2D eigenvalue weighted by Crippen LogP contribution is -2.38. The molecule has 46 heavy (non-hydrogen) atoms. The lowest BCUT2D eigenvalue weighted by atomic mass is 9.81. The molecule has 2 aromatic heterocycles. The average molecular weight is 620 g/mol. The van der Waals surface area contributed by atoms with Crippen LogP contribution in [0.15, 0.2) is 72.9 Å². The quantitative estimate of drug-likeness (QED) is 0.132. The molecule has 3 heterocycles. The molecule has 2 atom stereocenters. The van der Waals surface area contributed by atoms with E-state index in [0.29, 0.717) is 42.7 Å². The molecule has 1 unspecified atom stereocenters. The summed E-state index contributed by atoms with van der Waals surface area (Å²) >= 11 is 0. The fourth-order valence-electron chi connectivity index (χ4n) is 6.75. The number of para-hydroxylation sites is 1. The smallest absolute Gasteiger partial charge is 0.249 e. The summed E-state index contributed by atoms with van der Waals surface area (Å²) in [6.45, 7) is 2.66. The summed E-state index contributed by atoms with van der Waals surface area (Å²) in [7, 11) is 0. The summed E-state index contributed by atoms with van der Waals surface area (Å²) in [5, 5.41) is 11.3. The fraction of sp³-hybridized carbons (Fsp3) is 0.361. The molecule has 7 rings (SSSR count). The maximum absolute atomic E-state index is 13.7. The van der Waals surface area contributed by atoms with Crippen LogP contribution in [0.5, 0.6) is 11.5 Å². The highest BCUT2D eigenvalue weighted by Gasteiger charge is 2.38. The van der Waals surface area contributed by atoms with Crippen molar-refractivity contribution < 1.29 is 14.3 Å². The van der Waals surface area contributed by atoms with Crippen molar-refractivity contribution in [3.05, 3.63) is 89.9 Å². The number of nitrogens with one attached hydrogen (secondary N) is 3. The van der Waals surface area contributed by atoms with Crippen LogP contribution < -0.4 is 26.3 Å². The minimum Gasteiger partial charge on any atom is -0.449 e. The van der Waals surface area contributed by atoms with E-state index in [2.05, 4.69) is 32.6 Å². The molecule has 5 aromatic rings. The van der Waals surface area contributed by atoms with Crippen LogP contribution in [0.2, 0.25) is 0 Å². The summed E-state index contributed by atoms with van der Waals surface area (Å²) in [6.07, 6.45) is 7.52. The molecule has 0 radical (unpaired) electrons. The minimum atomic E-state index is -0.790. The van der Waals surface area contributed by atoms with Gasteiger partial charge < -0.3 is 31.2 Å². The first kappa shape index (κ1) is 29.9. The van der Waals surface area contributed by atoms with E-state index in [9.17, 15) is 4.79 Å². The van der Waals surface area contributed by atoms with Crippen LogP contribution >= 0.6 is 0 Å². The number of nitrogen functional groups attached to an aromatic ring is 1. The Hall–Kier alpha value is -4.83. The van der Waals surface area contributed by atoms with Gasteiger partial charge in [-0.3, -0.25) is 9.89 Å². The van der Waals surface area contributed by atoms with Gasteiger partial charge in [0, 0.05) is 48.4 Å². The Kier molecular flexibility index (Phi) is 8.12. The first-order chi connectivity index (χ1) is 22.4. The molecular formula is C36H41N7O3. The molecule has 10 nitrogen and oxygen atoms in total. The first-order valence-electron chi connectivity index (χ1n) is 16.2. The third kappa shape index (κ3) is 6.17. The number of hydrogen-bond acceptors (Lipinski definition) is 7. The number of carbonyl (C=O) groups is 1. The molecule has 0 spiro atoms. The molecule has 1 saturated carbocycles. The summed E-state index contributed by atoms with van der Waals surface area (Å²) in [5.74, 6) is 2.27. The highest BCUT2D eigenvalue weighted by molar-refractivity contribution is 5.91. The van der Waals surface area contributed by atoms with Crippen molar-refractivity contribution in [2.45, 2.75) is 63.7 Å². The maximum Gasteiger partial charge on any atom is 0.249 e. The van der Waals surface area contributed by atoms with E-state index in [0.717, 1.165) is 65.6 Å². The van der Waals surface area contributed by atoms with E-state index in [4.69, 9.17) is 25.9 Å². The number of imidazole rings is 1. The minimum absolute atomic E-state index is 0.0460. The van der Waals surface area contributed by atoms with E-state index in [1.165, 1.54) is 5.56 Å². The van der Waals surface area contributed by atoms with Crippen molar-refractivity contribution in [3.8, 4) is 22.8 Å².